The van der Waals surface area contributed by atoms with Gasteiger partial charge in [0.05, 0.1) is 6.42 Å². The molecule has 4 heteroatoms. The summed E-state index contributed by atoms with van der Waals surface area (Å²) in [6, 6.07) is 0. The van der Waals surface area contributed by atoms with Gasteiger partial charge in [0, 0.05) is 14.2 Å². The lowest BCUT2D eigenvalue weighted by Crippen LogP contribution is -2.27. The summed E-state index contributed by atoms with van der Waals surface area (Å²) in [7, 11) is 2.97. The molecule has 13 heavy (non-hydrogen) atoms. The highest BCUT2D eigenvalue weighted by Gasteiger charge is 2.19. The summed E-state index contributed by atoms with van der Waals surface area (Å²) in [5.74, 6) is -0.318. The zero-order valence-corrected chi connectivity index (χ0v) is 8.92. The van der Waals surface area contributed by atoms with Crippen LogP contribution in [0.15, 0.2) is 0 Å². The minimum absolute atomic E-state index is 0.115. The number of esters is 1. The van der Waals surface area contributed by atoms with E-state index in [-0.39, 0.29) is 12.4 Å². The van der Waals surface area contributed by atoms with Crippen LogP contribution in [0.2, 0.25) is 0 Å². The van der Waals surface area contributed by atoms with E-state index in [1.807, 2.05) is 20.8 Å². The maximum Gasteiger partial charge on any atom is 0.311 e. The van der Waals surface area contributed by atoms with E-state index in [1.54, 1.807) is 0 Å². The number of hydrogen-bond donors (Lipinski definition) is 0. The maximum atomic E-state index is 11.2. The van der Waals surface area contributed by atoms with Crippen LogP contribution in [0.25, 0.3) is 0 Å². The monoisotopic (exact) mass is 190 g/mol. The second-order valence-electron chi connectivity index (χ2n) is 3.69. The zero-order chi connectivity index (χ0) is 10.5. The first-order chi connectivity index (χ1) is 5.89. The number of hydrogen-bond acceptors (Lipinski definition) is 4. The second-order valence-corrected chi connectivity index (χ2v) is 3.69. The summed E-state index contributed by atoms with van der Waals surface area (Å²) in [6.45, 7) is 5.46. The molecule has 0 aliphatic rings. The molecule has 0 aromatic heterocycles. The Morgan fingerprint density at radius 1 is 1.23 bits per heavy atom. The van der Waals surface area contributed by atoms with Crippen molar-refractivity contribution in [3.05, 3.63) is 0 Å². The van der Waals surface area contributed by atoms with Crippen molar-refractivity contribution in [3.63, 3.8) is 0 Å². The van der Waals surface area contributed by atoms with Gasteiger partial charge in [0.2, 0.25) is 0 Å². The molecule has 0 atom stereocenters. The molecule has 0 amide bonds. The number of carbonyl (C=O) groups is 1. The Morgan fingerprint density at radius 2 is 1.69 bits per heavy atom. The van der Waals surface area contributed by atoms with Crippen molar-refractivity contribution in [2.24, 2.45) is 0 Å². The van der Waals surface area contributed by atoms with Gasteiger partial charge in [-0.25, -0.2) is 0 Å². The van der Waals surface area contributed by atoms with Crippen LogP contribution in [0, 0.1) is 0 Å². The Balaban J connectivity index is 3.86. The summed E-state index contributed by atoms with van der Waals surface area (Å²) < 4.78 is 14.8. The van der Waals surface area contributed by atoms with Crippen LogP contribution in [-0.2, 0) is 19.0 Å². The van der Waals surface area contributed by atoms with Gasteiger partial charge in [0.1, 0.15) is 5.60 Å². The first kappa shape index (κ1) is 12.4. The summed E-state index contributed by atoms with van der Waals surface area (Å²) in [5.41, 5.74) is -0.455. The van der Waals surface area contributed by atoms with Crippen LogP contribution in [-0.4, -0.2) is 32.1 Å². The van der Waals surface area contributed by atoms with E-state index in [0.717, 1.165) is 0 Å². The fraction of sp³-hybridized carbons (Fsp3) is 0.889. The van der Waals surface area contributed by atoms with Crippen LogP contribution >= 0.6 is 0 Å². The van der Waals surface area contributed by atoms with Crippen molar-refractivity contribution >= 4 is 5.97 Å². The summed E-state index contributed by atoms with van der Waals surface area (Å²) >= 11 is 0. The molecule has 78 valence electrons. The first-order valence-electron chi connectivity index (χ1n) is 4.16. The Morgan fingerprint density at radius 3 is 2.00 bits per heavy atom. The topological polar surface area (TPSA) is 44.8 Å². The van der Waals surface area contributed by atoms with Crippen LogP contribution in [0.1, 0.15) is 27.2 Å². The van der Waals surface area contributed by atoms with Gasteiger partial charge in [-0.15, -0.1) is 0 Å². The predicted octanol–water partition coefficient (Wildman–Crippen LogP) is 1.34. The van der Waals surface area contributed by atoms with Crippen molar-refractivity contribution in [2.45, 2.75) is 39.1 Å². The summed E-state index contributed by atoms with van der Waals surface area (Å²) in [6.07, 6.45) is -0.403. The third kappa shape index (κ3) is 6.54. The minimum Gasteiger partial charge on any atom is -0.460 e. The molecule has 4 nitrogen and oxygen atoms in total. The Labute approximate surface area is 79.2 Å². The fourth-order valence-electron chi connectivity index (χ4n) is 0.782. The summed E-state index contributed by atoms with van der Waals surface area (Å²) in [4.78, 5) is 11.2. The molecule has 0 aromatic rings. The zero-order valence-electron chi connectivity index (χ0n) is 8.92. The Bertz CT molecular complexity index is 155. The number of rotatable bonds is 4. The van der Waals surface area contributed by atoms with E-state index in [9.17, 15) is 4.79 Å². The fourth-order valence-corrected chi connectivity index (χ4v) is 0.782. The average molecular weight is 190 g/mol. The van der Waals surface area contributed by atoms with Gasteiger partial charge < -0.3 is 14.2 Å². The normalized spacial score (nSPS) is 11.8. The molecule has 0 saturated heterocycles. The van der Waals surface area contributed by atoms with Crippen molar-refractivity contribution in [2.75, 3.05) is 14.2 Å². The molecule has 0 rings (SSSR count). The highest BCUT2D eigenvalue weighted by molar-refractivity contribution is 5.70. The lowest BCUT2D eigenvalue weighted by Gasteiger charge is -2.21. The van der Waals surface area contributed by atoms with Gasteiger partial charge in [-0.3, -0.25) is 4.79 Å². The molecule has 0 heterocycles. The van der Waals surface area contributed by atoms with Gasteiger partial charge in [0.15, 0.2) is 6.29 Å². The minimum atomic E-state index is -0.519. The molecule has 0 unspecified atom stereocenters. The lowest BCUT2D eigenvalue weighted by atomic mass is 10.2. The van der Waals surface area contributed by atoms with Crippen LogP contribution in [0.3, 0.4) is 0 Å². The van der Waals surface area contributed by atoms with Gasteiger partial charge >= 0.3 is 5.97 Å². The van der Waals surface area contributed by atoms with Gasteiger partial charge in [-0.1, -0.05) is 0 Å². The quantitative estimate of drug-likeness (QED) is 0.495. The molecule has 0 radical (unpaired) electrons. The molecular formula is C9H18O4. The number of ether oxygens (including phenoxy) is 3. The van der Waals surface area contributed by atoms with E-state index in [0.29, 0.717) is 0 Å². The van der Waals surface area contributed by atoms with E-state index in [1.165, 1.54) is 14.2 Å². The molecule has 0 N–H and O–H groups in total. The molecule has 0 bridgehead atoms. The predicted molar refractivity (Wildman–Crippen MR) is 48.3 cm³/mol. The van der Waals surface area contributed by atoms with Crippen LogP contribution in [0.4, 0.5) is 0 Å². The third-order valence-corrected chi connectivity index (χ3v) is 1.28. The second kappa shape index (κ2) is 5.19. The van der Waals surface area contributed by atoms with E-state index in [4.69, 9.17) is 14.2 Å². The molecule has 0 aliphatic carbocycles. The molecule has 0 aromatic carbocycles. The molecule has 0 aliphatic heterocycles. The molecule has 0 fully saturated rings. The van der Waals surface area contributed by atoms with Crippen LogP contribution < -0.4 is 0 Å². The third-order valence-electron chi connectivity index (χ3n) is 1.28. The van der Waals surface area contributed by atoms with Crippen molar-refractivity contribution in [3.8, 4) is 0 Å². The standard InChI is InChI=1S/C9H18O4/c1-9(2,3)13-7(10)6-8(11-4)12-5/h8H,6H2,1-5H3. The smallest absolute Gasteiger partial charge is 0.311 e. The Kier molecular flexibility index (Phi) is 4.95. The van der Waals surface area contributed by atoms with Crippen molar-refractivity contribution in [1.29, 1.82) is 0 Å². The maximum absolute atomic E-state index is 11.2. The molecule has 0 saturated carbocycles. The summed E-state index contributed by atoms with van der Waals surface area (Å²) in [5, 5.41) is 0. The van der Waals surface area contributed by atoms with Crippen molar-refractivity contribution in [1.82, 2.24) is 0 Å². The van der Waals surface area contributed by atoms with Gasteiger partial charge in [-0.05, 0) is 20.8 Å². The van der Waals surface area contributed by atoms with E-state index in [2.05, 4.69) is 0 Å². The van der Waals surface area contributed by atoms with Gasteiger partial charge in [-0.2, -0.15) is 0 Å². The lowest BCUT2D eigenvalue weighted by molar-refractivity contribution is -0.169. The first-order valence-corrected chi connectivity index (χ1v) is 4.16. The molecular weight excluding hydrogens is 172 g/mol. The van der Waals surface area contributed by atoms with Gasteiger partial charge in [0.25, 0.3) is 0 Å². The highest BCUT2D eigenvalue weighted by atomic mass is 16.7. The molecule has 0 spiro atoms. The highest BCUT2D eigenvalue weighted by Crippen LogP contribution is 2.10. The number of methoxy groups -OCH3 is 2. The Hall–Kier alpha value is -0.610. The van der Waals surface area contributed by atoms with E-state index >= 15 is 0 Å². The van der Waals surface area contributed by atoms with Crippen LogP contribution in [0.5, 0.6) is 0 Å². The van der Waals surface area contributed by atoms with Crippen molar-refractivity contribution < 1.29 is 19.0 Å². The number of carbonyl (C=O) groups excluding carboxylic acids is 1. The largest absolute Gasteiger partial charge is 0.460 e. The SMILES string of the molecule is COC(CC(=O)OC(C)(C)C)OC. The average Bonchev–Trinajstić information content (AvgIpc) is 1.96. The van der Waals surface area contributed by atoms with E-state index < -0.39 is 11.9 Å².